The summed E-state index contributed by atoms with van der Waals surface area (Å²) in [5.74, 6) is 0.954. The molecule has 1 heterocycles. The van der Waals surface area contributed by atoms with Crippen LogP contribution in [0.5, 0.6) is 0 Å². The van der Waals surface area contributed by atoms with E-state index in [1.807, 2.05) is 30.5 Å². The molecule has 1 aromatic heterocycles. The summed E-state index contributed by atoms with van der Waals surface area (Å²) in [5.41, 5.74) is 3.19. The van der Waals surface area contributed by atoms with Gasteiger partial charge in [-0.2, -0.15) is 0 Å². The summed E-state index contributed by atoms with van der Waals surface area (Å²) >= 11 is 6.05. The van der Waals surface area contributed by atoms with Gasteiger partial charge in [0.1, 0.15) is 5.82 Å². The third-order valence-corrected chi connectivity index (χ3v) is 4.17. The average Bonchev–Trinajstić information content (AvgIpc) is 3.03. The minimum absolute atomic E-state index is 0.724. The molecular weight excluding hydrogens is 304 g/mol. The normalized spacial score (nSPS) is 11.0. The molecular formula is C20H15ClN2. The molecule has 0 saturated carbocycles. The van der Waals surface area contributed by atoms with Crippen molar-refractivity contribution in [3.05, 3.63) is 89.3 Å². The number of hydrogen-bond donors (Lipinski definition) is 1. The molecule has 0 aliphatic heterocycles. The Labute approximate surface area is 139 Å². The maximum atomic E-state index is 6.05. The van der Waals surface area contributed by atoms with Crippen LogP contribution in [0.1, 0.15) is 11.4 Å². The van der Waals surface area contributed by atoms with E-state index in [1.165, 1.54) is 16.3 Å². The van der Waals surface area contributed by atoms with Gasteiger partial charge in [-0.05, 0) is 28.5 Å². The lowest BCUT2D eigenvalue weighted by Crippen LogP contribution is -1.91. The fraction of sp³-hybridized carbons (Fsp3) is 0.0500. The highest BCUT2D eigenvalue weighted by Crippen LogP contribution is 2.22. The van der Waals surface area contributed by atoms with Crippen LogP contribution >= 0.6 is 11.6 Å². The minimum atomic E-state index is 0.724. The van der Waals surface area contributed by atoms with Gasteiger partial charge in [-0.15, -0.1) is 0 Å². The van der Waals surface area contributed by atoms with E-state index >= 15 is 0 Å². The first kappa shape index (κ1) is 14.0. The van der Waals surface area contributed by atoms with Crippen molar-refractivity contribution in [3.8, 4) is 11.3 Å². The number of H-pyrrole nitrogens is 1. The van der Waals surface area contributed by atoms with Crippen LogP contribution in [0.3, 0.4) is 0 Å². The Bertz CT molecular complexity index is 972. The molecule has 3 aromatic carbocycles. The highest BCUT2D eigenvalue weighted by atomic mass is 35.5. The summed E-state index contributed by atoms with van der Waals surface area (Å²) in [7, 11) is 0. The van der Waals surface area contributed by atoms with Crippen molar-refractivity contribution in [2.45, 2.75) is 6.42 Å². The number of rotatable bonds is 3. The van der Waals surface area contributed by atoms with E-state index in [0.29, 0.717) is 0 Å². The van der Waals surface area contributed by atoms with Crippen LogP contribution in [0, 0.1) is 0 Å². The maximum absolute atomic E-state index is 6.05. The molecule has 1 N–H and O–H groups in total. The third kappa shape index (κ3) is 2.99. The highest BCUT2D eigenvalue weighted by molar-refractivity contribution is 6.30. The molecule has 0 spiro atoms. The van der Waals surface area contributed by atoms with Crippen molar-refractivity contribution < 1.29 is 0 Å². The van der Waals surface area contributed by atoms with Gasteiger partial charge >= 0.3 is 0 Å². The Balaban J connectivity index is 1.61. The zero-order valence-corrected chi connectivity index (χ0v) is 13.2. The first-order valence-corrected chi connectivity index (χ1v) is 7.94. The molecule has 112 valence electrons. The number of aromatic nitrogens is 2. The zero-order valence-electron chi connectivity index (χ0n) is 12.5. The van der Waals surface area contributed by atoms with E-state index in [2.05, 4.69) is 52.4 Å². The Hall–Kier alpha value is -2.58. The largest absolute Gasteiger partial charge is 0.348 e. The van der Waals surface area contributed by atoms with E-state index in [9.17, 15) is 0 Å². The van der Waals surface area contributed by atoms with Crippen molar-refractivity contribution in [1.29, 1.82) is 0 Å². The maximum Gasteiger partial charge on any atom is 0.111 e. The second-order valence-electron chi connectivity index (χ2n) is 5.60. The summed E-state index contributed by atoms with van der Waals surface area (Å²) in [4.78, 5) is 7.95. The SMILES string of the molecule is Clc1cccc(-c2c[nH]c(Cc3ccc4ccccc4c3)n2)c1. The summed E-state index contributed by atoms with van der Waals surface area (Å²) in [6.07, 6.45) is 2.72. The van der Waals surface area contributed by atoms with E-state index < -0.39 is 0 Å². The van der Waals surface area contributed by atoms with Crippen LogP contribution in [0.4, 0.5) is 0 Å². The average molecular weight is 319 g/mol. The lowest BCUT2D eigenvalue weighted by molar-refractivity contribution is 1.03. The molecule has 0 aliphatic carbocycles. The standard InChI is InChI=1S/C20H15ClN2/c21-18-7-3-6-17(12-18)19-13-22-20(23-19)11-14-8-9-15-4-1-2-5-16(15)10-14/h1-10,12-13H,11H2,(H,22,23). The molecule has 0 radical (unpaired) electrons. The van der Waals surface area contributed by atoms with Gasteiger partial charge in [0, 0.05) is 23.2 Å². The molecule has 0 aliphatic rings. The van der Waals surface area contributed by atoms with Gasteiger partial charge in [0.15, 0.2) is 0 Å². The van der Waals surface area contributed by atoms with Crippen molar-refractivity contribution >= 4 is 22.4 Å². The summed E-state index contributed by atoms with van der Waals surface area (Å²) in [6.45, 7) is 0. The van der Waals surface area contributed by atoms with Gasteiger partial charge in [0.05, 0.1) is 5.69 Å². The monoisotopic (exact) mass is 318 g/mol. The highest BCUT2D eigenvalue weighted by Gasteiger charge is 2.06. The quantitative estimate of drug-likeness (QED) is 0.533. The Kier molecular flexibility index (Phi) is 3.60. The lowest BCUT2D eigenvalue weighted by Gasteiger charge is -2.02. The van der Waals surface area contributed by atoms with Gasteiger partial charge in [-0.25, -0.2) is 4.98 Å². The summed E-state index contributed by atoms with van der Waals surface area (Å²) < 4.78 is 0. The minimum Gasteiger partial charge on any atom is -0.348 e. The van der Waals surface area contributed by atoms with Gasteiger partial charge in [0.2, 0.25) is 0 Å². The summed E-state index contributed by atoms with van der Waals surface area (Å²) in [5, 5.41) is 3.24. The van der Waals surface area contributed by atoms with Gasteiger partial charge < -0.3 is 4.98 Å². The first-order chi connectivity index (χ1) is 11.3. The van der Waals surface area contributed by atoms with Crippen LogP contribution < -0.4 is 0 Å². The fourth-order valence-corrected chi connectivity index (χ4v) is 2.98. The second-order valence-corrected chi connectivity index (χ2v) is 6.04. The number of fused-ring (bicyclic) bond motifs is 1. The number of nitrogens with one attached hydrogen (secondary N) is 1. The van der Waals surface area contributed by atoms with Gasteiger partial charge in [-0.3, -0.25) is 0 Å². The first-order valence-electron chi connectivity index (χ1n) is 7.56. The van der Waals surface area contributed by atoms with E-state index in [1.54, 1.807) is 0 Å². The smallest absolute Gasteiger partial charge is 0.111 e. The van der Waals surface area contributed by atoms with E-state index in [0.717, 1.165) is 28.5 Å². The Morgan fingerprint density at radius 2 is 1.74 bits per heavy atom. The molecule has 0 amide bonds. The van der Waals surface area contributed by atoms with Crippen LogP contribution in [0.2, 0.25) is 5.02 Å². The Morgan fingerprint density at radius 1 is 0.870 bits per heavy atom. The van der Waals surface area contributed by atoms with Crippen molar-refractivity contribution in [3.63, 3.8) is 0 Å². The fourth-order valence-electron chi connectivity index (χ4n) is 2.79. The summed E-state index contributed by atoms with van der Waals surface area (Å²) in [6, 6.07) is 22.7. The molecule has 0 atom stereocenters. The van der Waals surface area contributed by atoms with E-state index in [4.69, 9.17) is 11.6 Å². The number of nitrogens with zero attached hydrogens (tertiary/aromatic N) is 1. The number of hydrogen-bond acceptors (Lipinski definition) is 1. The third-order valence-electron chi connectivity index (χ3n) is 3.94. The number of benzene rings is 3. The molecule has 2 nitrogen and oxygen atoms in total. The number of imidazole rings is 1. The molecule has 0 fully saturated rings. The van der Waals surface area contributed by atoms with Crippen molar-refractivity contribution in [2.75, 3.05) is 0 Å². The number of halogens is 1. The topological polar surface area (TPSA) is 28.7 Å². The molecule has 3 heteroatoms. The van der Waals surface area contributed by atoms with Gasteiger partial charge in [-0.1, -0.05) is 66.2 Å². The van der Waals surface area contributed by atoms with E-state index in [-0.39, 0.29) is 0 Å². The molecule has 23 heavy (non-hydrogen) atoms. The van der Waals surface area contributed by atoms with Crippen LogP contribution in [-0.4, -0.2) is 9.97 Å². The second kappa shape index (κ2) is 5.90. The molecule has 0 unspecified atom stereocenters. The lowest BCUT2D eigenvalue weighted by atomic mass is 10.1. The molecule has 0 bridgehead atoms. The van der Waals surface area contributed by atoms with Gasteiger partial charge in [0.25, 0.3) is 0 Å². The zero-order chi connectivity index (χ0) is 15.6. The predicted octanol–water partition coefficient (Wildman–Crippen LogP) is 5.47. The van der Waals surface area contributed by atoms with Crippen LogP contribution in [-0.2, 0) is 6.42 Å². The Morgan fingerprint density at radius 3 is 2.61 bits per heavy atom. The molecule has 0 saturated heterocycles. The number of aromatic amines is 1. The van der Waals surface area contributed by atoms with Crippen LogP contribution in [0.15, 0.2) is 72.9 Å². The van der Waals surface area contributed by atoms with Crippen molar-refractivity contribution in [2.24, 2.45) is 0 Å². The molecule has 4 aromatic rings. The van der Waals surface area contributed by atoms with Crippen molar-refractivity contribution in [1.82, 2.24) is 9.97 Å². The molecule has 4 rings (SSSR count). The predicted molar refractivity (Wildman–Crippen MR) is 95.8 cm³/mol. The van der Waals surface area contributed by atoms with Crippen LogP contribution in [0.25, 0.3) is 22.0 Å².